The summed E-state index contributed by atoms with van der Waals surface area (Å²) in [6.07, 6.45) is 3.59. The van der Waals surface area contributed by atoms with Crippen molar-refractivity contribution in [3.05, 3.63) is 24.5 Å². The van der Waals surface area contributed by atoms with Crippen LogP contribution in [-0.2, 0) is 4.74 Å². The zero-order valence-electron chi connectivity index (χ0n) is 8.24. The summed E-state index contributed by atoms with van der Waals surface area (Å²) in [5.41, 5.74) is 0. The van der Waals surface area contributed by atoms with Crippen molar-refractivity contribution >= 4 is 9.24 Å². The van der Waals surface area contributed by atoms with E-state index in [1.165, 1.54) is 0 Å². The molecule has 1 saturated heterocycles. The Hall–Kier alpha value is -0.700. The molecule has 1 aromatic heterocycles. The standard InChI is InChI=1S/C10H14NO3P/c12-8-4-10(14-9(8)6-15)13-7-2-1-3-11-5-7/h1-3,5,8-10,12H,4,6,15H2. The van der Waals surface area contributed by atoms with Gasteiger partial charge in [-0.25, -0.2) is 0 Å². The van der Waals surface area contributed by atoms with E-state index in [2.05, 4.69) is 14.2 Å². The third-order valence-corrected chi connectivity index (χ3v) is 2.79. The van der Waals surface area contributed by atoms with Gasteiger partial charge in [-0.05, 0) is 18.3 Å². The van der Waals surface area contributed by atoms with Gasteiger partial charge in [-0.2, -0.15) is 0 Å². The Kier molecular flexibility index (Phi) is 3.52. The van der Waals surface area contributed by atoms with Crippen LogP contribution in [-0.4, -0.2) is 34.8 Å². The molecule has 0 bridgehead atoms. The zero-order chi connectivity index (χ0) is 10.7. The van der Waals surface area contributed by atoms with Crippen molar-refractivity contribution in [2.24, 2.45) is 0 Å². The predicted octanol–water partition coefficient (Wildman–Crippen LogP) is 0.811. The summed E-state index contributed by atoms with van der Waals surface area (Å²) in [7, 11) is 2.56. The average Bonchev–Trinajstić information content (AvgIpc) is 2.60. The van der Waals surface area contributed by atoms with Crippen molar-refractivity contribution in [2.45, 2.75) is 24.9 Å². The van der Waals surface area contributed by atoms with E-state index >= 15 is 0 Å². The molecule has 0 radical (unpaired) electrons. The summed E-state index contributed by atoms with van der Waals surface area (Å²) < 4.78 is 11.0. The second-order valence-electron chi connectivity index (χ2n) is 3.45. The van der Waals surface area contributed by atoms with E-state index in [4.69, 9.17) is 9.47 Å². The third kappa shape index (κ3) is 2.65. The smallest absolute Gasteiger partial charge is 0.202 e. The first-order valence-corrected chi connectivity index (χ1v) is 5.71. The molecule has 1 aliphatic rings. The number of rotatable bonds is 3. The highest BCUT2D eigenvalue weighted by Crippen LogP contribution is 2.24. The maximum Gasteiger partial charge on any atom is 0.202 e. The first kappa shape index (κ1) is 10.8. The van der Waals surface area contributed by atoms with Gasteiger partial charge in [0.2, 0.25) is 6.29 Å². The minimum atomic E-state index is -0.441. The topological polar surface area (TPSA) is 51.6 Å². The number of aliphatic hydroxyl groups is 1. The fourth-order valence-electron chi connectivity index (χ4n) is 1.55. The van der Waals surface area contributed by atoms with E-state index in [1.54, 1.807) is 18.5 Å². The van der Waals surface area contributed by atoms with Crippen LogP contribution >= 0.6 is 9.24 Å². The van der Waals surface area contributed by atoms with Crippen molar-refractivity contribution in [3.63, 3.8) is 0 Å². The minimum Gasteiger partial charge on any atom is -0.463 e. The molecule has 0 aliphatic carbocycles. The minimum absolute atomic E-state index is 0.142. The lowest BCUT2D eigenvalue weighted by molar-refractivity contribution is -0.0710. The Labute approximate surface area is 90.8 Å². The molecular formula is C10H14NO3P. The quantitative estimate of drug-likeness (QED) is 0.776. The molecule has 5 heteroatoms. The summed E-state index contributed by atoms with van der Waals surface area (Å²) >= 11 is 0. The van der Waals surface area contributed by atoms with Crippen LogP contribution < -0.4 is 4.74 Å². The van der Waals surface area contributed by atoms with Gasteiger partial charge >= 0.3 is 0 Å². The number of aliphatic hydroxyl groups excluding tert-OH is 1. The second-order valence-corrected chi connectivity index (χ2v) is 3.92. The van der Waals surface area contributed by atoms with Gasteiger partial charge in [-0.15, -0.1) is 9.24 Å². The predicted molar refractivity (Wildman–Crippen MR) is 58.7 cm³/mol. The molecule has 4 nitrogen and oxygen atoms in total. The summed E-state index contributed by atoms with van der Waals surface area (Å²) in [6.45, 7) is 0. The van der Waals surface area contributed by atoms with Gasteiger partial charge in [0.25, 0.3) is 0 Å². The number of hydrogen-bond acceptors (Lipinski definition) is 4. The molecule has 2 rings (SSSR count). The van der Waals surface area contributed by atoms with E-state index in [-0.39, 0.29) is 12.4 Å². The molecule has 0 spiro atoms. The van der Waals surface area contributed by atoms with Gasteiger partial charge in [0.1, 0.15) is 5.75 Å². The fraction of sp³-hybridized carbons (Fsp3) is 0.500. The highest BCUT2D eigenvalue weighted by atomic mass is 31.0. The van der Waals surface area contributed by atoms with Crippen molar-refractivity contribution < 1.29 is 14.6 Å². The first-order valence-electron chi connectivity index (χ1n) is 4.90. The second kappa shape index (κ2) is 4.88. The third-order valence-electron chi connectivity index (χ3n) is 2.32. The Morgan fingerprint density at radius 3 is 3.13 bits per heavy atom. The Balaban J connectivity index is 1.92. The molecule has 4 unspecified atom stereocenters. The van der Waals surface area contributed by atoms with Gasteiger partial charge in [0, 0.05) is 12.6 Å². The largest absolute Gasteiger partial charge is 0.463 e. The molecule has 1 aliphatic heterocycles. The number of nitrogens with zero attached hydrogens (tertiary/aromatic N) is 1. The van der Waals surface area contributed by atoms with Gasteiger partial charge in [0.05, 0.1) is 18.4 Å². The first-order chi connectivity index (χ1) is 7.29. The number of aromatic nitrogens is 1. The Bertz CT molecular complexity index is 309. The summed E-state index contributed by atoms with van der Waals surface area (Å²) in [4.78, 5) is 3.94. The van der Waals surface area contributed by atoms with Gasteiger partial charge in [0.15, 0.2) is 0 Å². The van der Waals surface area contributed by atoms with E-state index in [0.717, 1.165) is 0 Å². The summed E-state index contributed by atoms with van der Waals surface area (Å²) in [5, 5.41) is 9.60. The summed E-state index contributed by atoms with van der Waals surface area (Å²) in [6, 6.07) is 3.62. The fourth-order valence-corrected chi connectivity index (χ4v) is 1.97. The summed E-state index contributed by atoms with van der Waals surface area (Å²) in [5.74, 6) is 0.666. The highest BCUT2D eigenvalue weighted by Gasteiger charge is 2.33. The Morgan fingerprint density at radius 1 is 1.67 bits per heavy atom. The maximum absolute atomic E-state index is 9.60. The molecule has 1 fully saturated rings. The van der Waals surface area contributed by atoms with Crippen LogP contribution in [0.15, 0.2) is 24.5 Å². The lowest BCUT2D eigenvalue weighted by Gasteiger charge is -2.13. The lowest BCUT2D eigenvalue weighted by Crippen LogP contribution is -2.22. The Morgan fingerprint density at radius 2 is 2.53 bits per heavy atom. The van der Waals surface area contributed by atoms with Gasteiger partial charge < -0.3 is 14.6 Å². The van der Waals surface area contributed by atoms with Crippen LogP contribution in [0, 0.1) is 0 Å². The number of hydrogen-bond donors (Lipinski definition) is 1. The van der Waals surface area contributed by atoms with Crippen LogP contribution in [0.4, 0.5) is 0 Å². The molecule has 0 amide bonds. The van der Waals surface area contributed by atoms with Gasteiger partial charge in [-0.1, -0.05) is 0 Å². The molecular weight excluding hydrogens is 213 g/mol. The zero-order valence-corrected chi connectivity index (χ0v) is 9.40. The van der Waals surface area contributed by atoms with Crippen molar-refractivity contribution in [1.82, 2.24) is 4.98 Å². The van der Waals surface area contributed by atoms with Crippen molar-refractivity contribution in [1.29, 1.82) is 0 Å². The molecule has 0 aromatic carbocycles. The average molecular weight is 227 g/mol. The number of ether oxygens (including phenoxy) is 2. The normalized spacial score (nSPS) is 30.4. The molecule has 2 heterocycles. The molecule has 82 valence electrons. The molecule has 1 aromatic rings. The molecule has 15 heavy (non-hydrogen) atoms. The monoisotopic (exact) mass is 227 g/mol. The molecule has 1 N–H and O–H groups in total. The van der Waals surface area contributed by atoms with Gasteiger partial charge in [-0.3, -0.25) is 4.98 Å². The highest BCUT2D eigenvalue weighted by molar-refractivity contribution is 7.16. The SMILES string of the molecule is OC1CC(Oc2cccnc2)OC1CP. The van der Waals surface area contributed by atoms with E-state index in [1.807, 2.05) is 6.07 Å². The van der Waals surface area contributed by atoms with Crippen LogP contribution in [0.3, 0.4) is 0 Å². The molecule has 0 saturated carbocycles. The van der Waals surface area contributed by atoms with Crippen LogP contribution in [0.2, 0.25) is 0 Å². The lowest BCUT2D eigenvalue weighted by atomic mass is 10.2. The van der Waals surface area contributed by atoms with E-state index < -0.39 is 6.10 Å². The van der Waals surface area contributed by atoms with Crippen molar-refractivity contribution in [3.8, 4) is 5.75 Å². The van der Waals surface area contributed by atoms with Crippen LogP contribution in [0.1, 0.15) is 6.42 Å². The number of pyridine rings is 1. The maximum atomic E-state index is 9.60. The van der Waals surface area contributed by atoms with Crippen LogP contribution in [0.25, 0.3) is 0 Å². The molecule has 4 atom stereocenters. The van der Waals surface area contributed by atoms with E-state index in [9.17, 15) is 5.11 Å². The van der Waals surface area contributed by atoms with Crippen molar-refractivity contribution in [2.75, 3.05) is 6.16 Å². The van der Waals surface area contributed by atoms with Crippen LogP contribution in [0.5, 0.6) is 5.75 Å². The van der Waals surface area contributed by atoms with E-state index in [0.29, 0.717) is 18.3 Å².